The van der Waals surface area contributed by atoms with E-state index in [9.17, 15) is 9.59 Å². The number of carbonyl (C=O) groups is 2. The van der Waals surface area contributed by atoms with Crippen molar-refractivity contribution in [2.24, 2.45) is 11.8 Å². The molecule has 1 N–H and O–H groups in total. The second kappa shape index (κ2) is 5.65. The van der Waals surface area contributed by atoms with Gasteiger partial charge in [0.2, 0.25) is 0 Å². The first kappa shape index (κ1) is 16.2. The van der Waals surface area contributed by atoms with Crippen LogP contribution in [0.4, 0.5) is 0 Å². The third kappa shape index (κ3) is 4.06. The zero-order chi connectivity index (χ0) is 14.8. The number of rotatable bonds is 3. The van der Waals surface area contributed by atoms with Crippen molar-refractivity contribution < 1.29 is 19.1 Å². The molecule has 1 aliphatic rings. The highest BCUT2D eigenvalue weighted by Gasteiger charge is 2.42. The van der Waals surface area contributed by atoms with Crippen LogP contribution in [-0.4, -0.2) is 25.4 Å². The molecule has 0 aromatic rings. The van der Waals surface area contributed by atoms with E-state index in [1.807, 2.05) is 0 Å². The Balaban J connectivity index is 2.55. The molecule has 1 aliphatic carbocycles. The van der Waals surface area contributed by atoms with E-state index in [0.717, 1.165) is 0 Å². The van der Waals surface area contributed by atoms with E-state index < -0.39 is 14.3 Å². The Morgan fingerprint density at radius 1 is 1.05 bits per heavy atom. The van der Waals surface area contributed by atoms with Crippen molar-refractivity contribution >= 4 is 20.3 Å². The molecule has 19 heavy (non-hydrogen) atoms. The molecule has 5 heteroatoms. The summed E-state index contributed by atoms with van der Waals surface area (Å²) in [7, 11) is -2.06. The van der Waals surface area contributed by atoms with E-state index in [1.54, 1.807) is 0 Å². The molecule has 0 heterocycles. The molecule has 0 bridgehead atoms. The number of hydrogen-bond acceptors (Lipinski definition) is 3. The Hall–Kier alpha value is -0.843. The first-order valence-corrected chi connectivity index (χ1v) is 9.91. The van der Waals surface area contributed by atoms with Gasteiger partial charge in [-0.2, -0.15) is 0 Å². The van der Waals surface area contributed by atoms with Crippen LogP contribution >= 0.6 is 0 Å². The molecule has 0 spiro atoms. The summed E-state index contributed by atoms with van der Waals surface area (Å²) in [6, 6.07) is 0. The van der Waals surface area contributed by atoms with E-state index in [4.69, 9.17) is 9.53 Å². The Labute approximate surface area is 116 Å². The van der Waals surface area contributed by atoms with Gasteiger partial charge in [-0.15, -0.1) is 0 Å². The minimum Gasteiger partial charge on any atom is -0.519 e. The highest BCUT2D eigenvalue weighted by atomic mass is 28.4. The van der Waals surface area contributed by atoms with E-state index in [-0.39, 0.29) is 22.8 Å². The van der Waals surface area contributed by atoms with Crippen LogP contribution in [0.1, 0.15) is 46.5 Å². The molecule has 0 aromatic heterocycles. The standard InChI is InChI=1S/C14H26O4Si/c1-14(2,3)19(4,5)18-13(17)11-8-6-10(7-9-11)12(15)16/h10-11H,6-9H2,1-5H3,(H,15,16). The molecule has 1 fully saturated rings. The van der Waals surface area contributed by atoms with Gasteiger partial charge in [0.1, 0.15) is 0 Å². The molecule has 0 unspecified atom stereocenters. The molecule has 1 saturated carbocycles. The Bertz CT molecular complexity index is 349. The molecule has 0 aliphatic heterocycles. The predicted molar refractivity (Wildman–Crippen MR) is 76.4 cm³/mol. The van der Waals surface area contributed by atoms with Crippen LogP contribution in [0.5, 0.6) is 0 Å². The second-order valence-electron chi connectivity index (χ2n) is 7.07. The van der Waals surface area contributed by atoms with Crippen molar-refractivity contribution in [3.8, 4) is 0 Å². The average Bonchev–Trinajstić information content (AvgIpc) is 2.27. The Kier molecular flexibility index (Phi) is 4.82. The molecular weight excluding hydrogens is 260 g/mol. The van der Waals surface area contributed by atoms with Crippen molar-refractivity contribution in [2.45, 2.75) is 64.6 Å². The zero-order valence-electron chi connectivity index (χ0n) is 12.7. The third-order valence-corrected chi connectivity index (χ3v) is 8.90. The molecule has 0 amide bonds. The van der Waals surface area contributed by atoms with Gasteiger partial charge in [0.05, 0.1) is 11.8 Å². The third-order valence-electron chi connectivity index (χ3n) is 4.57. The first-order chi connectivity index (χ1) is 8.54. The number of carboxylic acid groups (broad SMARTS) is 1. The minimum absolute atomic E-state index is 0.0148. The van der Waals surface area contributed by atoms with Crippen LogP contribution in [0.2, 0.25) is 18.1 Å². The molecule has 4 nitrogen and oxygen atoms in total. The van der Waals surface area contributed by atoms with Gasteiger partial charge in [0.25, 0.3) is 14.3 Å². The Morgan fingerprint density at radius 2 is 1.47 bits per heavy atom. The normalized spacial score (nSPS) is 24.9. The maximum atomic E-state index is 12.2. The summed E-state index contributed by atoms with van der Waals surface area (Å²) in [6.07, 6.45) is 2.47. The largest absolute Gasteiger partial charge is 0.519 e. The van der Waals surface area contributed by atoms with Crippen molar-refractivity contribution in [1.82, 2.24) is 0 Å². The molecule has 0 radical (unpaired) electrons. The molecular formula is C14H26O4Si. The molecule has 110 valence electrons. The van der Waals surface area contributed by atoms with Gasteiger partial charge in [-0.05, 0) is 43.8 Å². The minimum atomic E-state index is -2.06. The van der Waals surface area contributed by atoms with Gasteiger partial charge in [0.15, 0.2) is 0 Å². The van der Waals surface area contributed by atoms with Gasteiger partial charge >= 0.3 is 5.97 Å². The SMILES string of the molecule is CC(C)(C)[Si](C)(C)OC(=O)C1CCC(C(=O)O)CC1. The lowest BCUT2D eigenvalue weighted by molar-refractivity contribution is -0.147. The first-order valence-electron chi connectivity index (χ1n) is 7.00. The van der Waals surface area contributed by atoms with Crippen LogP contribution in [0, 0.1) is 11.8 Å². The molecule has 0 atom stereocenters. The number of carbonyl (C=O) groups excluding carboxylic acids is 1. The van der Waals surface area contributed by atoms with Crippen molar-refractivity contribution in [3.63, 3.8) is 0 Å². The maximum absolute atomic E-state index is 12.2. The number of hydrogen-bond donors (Lipinski definition) is 1. The zero-order valence-corrected chi connectivity index (χ0v) is 13.7. The monoisotopic (exact) mass is 286 g/mol. The summed E-state index contributed by atoms with van der Waals surface area (Å²) in [6.45, 7) is 10.4. The summed E-state index contributed by atoms with van der Waals surface area (Å²) in [5.74, 6) is -1.24. The quantitative estimate of drug-likeness (QED) is 0.807. The fourth-order valence-corrected chi connectivity index (χ4v) is 3.04. The topological polar surface area (TPSA) is 63.6 Å². The van der Waals surface area contributed by atoms with Gasteiger partial charge in [-0.3, -0.25) is 9.59 Å². The number of aliphatic carboxylic acids is 1. The van der Waals surface area contributed by atoms with Gasteiger partial charge in [-0.25, -0.2) is 0 Å². The summed E-state index contributed by atoms with van der Waals surface area (Å²) in [5, 5.41) is 8.96. The van der Waals surface area contributed by atoms with Gasteiger partial charge in [0, 0.05) is 0 Å². The van der Waals surface area contributed by atoms with Gasteiger partial charge in [-0.1, -0.05) is 20.8 Å². The summed E-state index contributed by atoms with van der Waals surface area (Å²) >= 11 is 0. The van der Waals surface area contributed by atoms with E-state index >= 15 is 0 Å². The Morgan fingerprint density at radius 3 is 1.84 bits per heavy atom. The van der Waals surface area contributed by atoms with Crippen molar-refractivity contribution in [2.75, 3.05) is 0 Å². The highest BCUT2D eigenvalue weighted by molar-refractivity contribution is 6.75. The average molecular weight is 286 g/mol. The number of carboxylic acids is 1. The fraction of sp³-hybridized carbons (Fsp3) is 0.857. The maximum Gasteiger partial charge on any atom is 0.306 e. The van der Waals surface area contributed by atoms with Crippen molar-refractivity contribution in [3.05, 3.63) is 0 Å². The van der Waals surface area contributed by atoms with Crippen LogP contribution in [0.25, 0.3) is 0 Å². The van der Waals surface area contributed by atoms with Crippen LogP contribution in [0.3, 0.4) is 0 Å². The lowest BCUT2D eigenvalue weighted by Gasteiger charge is -2.37. The predicted octanol–water partition coefficient (Wildman–Crippen LogP) is 3.43. The van der Waals surface area contributed by atoms with Crippen molar-refractivity contribution in [1.29, 1.82) is 0 Å². The molecule has 0 saturated heterocycles. The fourth-order valence-electron chi connectivity index (χ4n) is 2.06. The highest BCUT2D eigenvalue weighted by Crippen LogP contribution is 2.38. The lowest BCUT2D eigenvalue weighted by Crippen LogP contribution is -2.44. The molecule has 1 rings (SSSR count). The second-order valence-corrected chi connectivity index (χ2v) is 11.8. The van der Waals surface area contributed by atoms with Crippen LogP contribution in [-0.2, 0) is 14.0 Å². The van der Waals surface area contributed by atoms with Gasteiger partial charge < -0.3 is 9.53 Å². The summed E-state index contributed by atoms with van der Waals surface area (Å²) in [4.78, 5) is 23.1. The lowest BCUT2D eigenvalue weighted by atomic mass is 9.82. The summed E-state index contributed by atoms with van der Waals surface area (Å²) in [5.41, 5.74) is 0. The van der Waals surface area contributed by atoms with Crippen LogP contribution in [0.15, 0.2) is 0 Å². The summed E-state index contributed by atoms with van der Waals surface area (Å²) < 4.78 is 5.79. The molecule has 0 aromatic carbocycles. The smallest absolute Gasteiger partial charge is 0.306 e. The van der Waals surface area contributed by atoms with E-state index in [0.29, 0.717) is 25.7 Å². The van der Waals surface area contributed by atoms with E-state index in [2.05, 4.69) is 33.9 Å². The van der Waals surface area contributed by atoms with Crippen LogP contribution < -0.4 is 0 Å². The van der Waals surface area contributed by atoms with E-state index in [1.165, 1.54) is 0 Å².